The van der Waals surface area contributed by atoms with Gasteiger partial charge in [0.05, 0.1) is 30.8 Å². The van der Waals surface area contributed by atoms with Crippen LogP contribution in [0.2, 0.25) is 5.02 Å². The smallest absolute Gasteiger partial charge is 0.348 e. The molecule has 2 aliphatic rings. The zero-order valence-electron chi connectivity index (χ0n) is 23.2. The van der Waals surface area contributed by atoms with Crippen LogP contribution in [0.5, 0.6) is 11.5 Å². The third-order valence-electron chi connectivity index (χ3n) is 7.81. The summed E-state index contributed by atoms with van der Waals surface area (Å²) in [5.74, 6) is -1.31. The third-order valence-corrected chi connectivity index (χ3v) is 9.04. The molecule has 3 aromatic carbocycles. The summed E-state index contributed by atoms with van der Waals surface area (Å²) < 4.78 is 55.3. The van der Waals surface area contributed by atoms with Gasteiger partial charge in [-0.3, -0.25) is 0 Å². The number of rotatable bonds is 7. The number of thiophene rings is 1. The highest BCUT2D eigenvalue weighted by molar-refractivity contribution is 7.20. The van der Waals surface area contributed by atoms with Crippen molar-refractivity contribution in [2.75, 3.05) is 13.7 Å². The molecule has 2 aromatic heterocycles. The molecule has 2 atom stereocenters. The number of aromatic nitrogens is 2. The summed E-state index contributed by atoms with van der Waals surface area (Å²) in [6, 6.07) is 16.4. The summed E-state index contributed by atoms with van der Waals surface area (Å²) in [7, 11) is 1.34. The van der Waals surface area contributed by atoms with Crippen molar-refractivity contribution in [1.29, 1.82) is 0 Å². The van der Waals surface area contributed by atoms with Gasteiger partial charge in [0.2, 0.25) is 0 Å². The van der Waals surface area contributed by atoms with Crippen molar-refractivity contribution < 1.29 is 32.5 Å². The zero-order chi connectivity index (χ0) is 29.9. The van der Waals surface area contributed by atoms with Gasteiger partial charge in [0, 0.05) is 30.5 Å². The van der Waals surface area contributed by atoms with Crippen LogP contribution in [0.15, 0.2) is 60.7 Å². The number of ether oxygens (including phenoxy) is 4. The third kappa shape index (κ3) is 4.93. The molecule has 0 N–H and O–H groups in total. The van der Waals surface area contributed by atoms with Gasteiger partial charge in [-0.25, -0.2) is 18.6 Å². The summed E-state index contributed by atoms with van der Waals surface area (Å²) in [6.07, 6.45) is 1.21. The Morgan fingerprint density at radius 3 is 2.70 bits per heavy atom. The average Bonchev–Trinajstić information content (AvgIpc) is 3.62. The molecule has 0 spiro atoms. The molecule has 1 fully saturated rings. The maximum Gasteiger partial charge on any atom is 0.348 e. The highest BCUT2D eigenvalue weighted by Crippen LogP contribution is 2.49. The number of nitrogens with zero attached hydrogens (tertiary/aromatic N) is 2. The van der Waals surface area contributed by atoms with Gasteiger partial charge in [0.15, 0.2) is 11.5 Å². The van der Waals surface area contributed by atoms with Crippen LogP contribution in [0.1, 0.15) is 40.0 Å². The first-order valence-electron chi connectivity index (χ1n) is 13.7. The van der Waals surface area contributed by atoms with E-state index in [2.05, 4.69) is 0 Å². The van der Waals surface area contributed by atoms with E-state index in [9.17, 15) is 9.18 Å². The number of imidazole rings is 1. The van der Waals surface area contributed by atoms with E-state index in [1.165, 1.54) is 36.6 Å². The van der Waals surface area contributed by atoms with E-state index in [-0.39, 0.29) is 23.1 Å². The molecule has 11 heteroatoms. The summed E-state index contributed by atoms with van der Waals surface area (Å²) in [4.78, 5) is 18.0. The lowest BCUT2D eigenvalue weighted by Gasteiger charge is -2.27. The van der Waals surface area contributed by atoms with Gasteiger partial charge in [-0.15, -0.1) is 11.3 Å². The molecule has 1 saturated heterocycles. The largest absolute Gasteiger partial charge is 0.465 e. The van der Waals surface area contributed by atoms with E-state index in [0.29, 0.717) is 56.9 Å². The van der Waals surface area contributed by atoms with Crippen molar-refractivity contribution in [3.05, 3.63) is 99.1 Å². The first-order chi connectivity index (χ1) is 20.7. The van der Waals surface area contributed by atoms with Crippen LogP contribution in [0, 0.1) is 11.6 Å². The van der Waals surface area contributed by atoms with Crippen LogP contribution in [0.25, 0.3) is 21.5 Å². The molecule has 1 unspecified atom stereocenters. The number of para-hydroxylation sites is 1. The second kappa shape index (κ2) is 10.6. The van der Waals surface area contributed by atoms with Crippen LogP contribution in [0.4, 0.5) is 8.78 Å². The Balaban J connectivity index is 1.19. The Kier molecular flexibility index (Phi) is 6.87. The highest BCUT2D eigenvalue weighted by Gasteiger charge is 2.42. The molecule has 7 nitrogen and oxygen atoms in total. The van der Waals surface area contributed by atoms with E-state index >= 15 is 4.39 Å². The number of benzene rings is 3. The quantitative estimate of drug-likeness (QED) is 0.175. The molecule has 5 aromatic rings. The van der Waals surface area contributed by atoms with Gasteiger partial charge in [0.25, 0.3) is 5.79 Å². The van der Waals surface area contributed by atoms with Crippen LogP contribution < -0.4 is 9.47 Å². The van der Waals surface area contributed by atoms with Crippen LogP contribution in [0.3, 0.4) is 0 Å². The van der Waals surface area contributed by atoms with Gasteiger partial charge in [0.1, 0.15) is 27.2 Å². The SMILES string of the molecule is COC(=O)c1cc2c(nc(Cc3ccc(-c4cccc5c4OC(C)(c4ccc(Cl)cc4F)O5)cc3F)n2C[C@@H]2CCO2)s1. The second-order valence-electron chi connectivity index (χ2n) is 10.6. The number of methoxy groups -OCH3 is 1. The first-order valence-corrected chi connectivity index (χ1v) is 14.9. The van der Waals surface area contributed by atoms with Gasteiger partial charge in [-0.2, -0.15) is 0 Å². The minimum Gasteiger partial charge on any atom is -0.465 e. The van der Waals surface area contributed by atoms with Gasteiger partial charge >= 0.3 is 5.97 Å². The van der Waals surface area contributed by atoms with E-state index in [4.69, 9.17) is 35.5 Å². The predicted molar refractivity (Wildman–Crippen MR) is 158 cm³/mol. The fraction of sp³-hybridized carbons (Fsp3) is 0.250. The molecule has 0 bridgehead atoms. The summed E-state index contributed by atoms with van der Waals surface area (Å²) in [6.45, 7) is 2.89. The second-order valence-corrected chi connectivity index (χ2v) is 12.1. The molecule has 0 radical (unpaired) electrons. The molecular weight excluding hydrogens is 598 g/mol. The maximum absolute atomic E-state index is 15.7. The van der Waals surface area contributed by atoms with Crippen LogP contribution in [-0.4, -0.2) is 35.3 Å². The number of carbonyl (C=O) groups excluding carboxylic acids is 1. The molecule has 2 aliphatic heterocycles. The van der Waals surface area contributed by atoms with Gasteiger partial charge in [-0.05, 0) is 53.9 Å². The van der Waals surface area contributed by atoms with Crippen molar-refractivity contribution in [2.24, 2.45) is 0 Å². The fourth-order valence-electron chi connectivity index (χ4n) is 5.48. The molecule has 4 heterocycles. The number of hydrogen-bond donors (Lipinski definition) is 0. The lowest BCUT2D eigenvalue weighted by Crippen LogP contribution is -2.32. The molecular formula is C32H25ClF2N2O5S. The Morgan fingerprint density at radius 2 is 1.98 bits per heavy atom. The predicted octanol–water partition coefficient (Wildman–Crippen LogP) is 7.51. The van der Waals surface area contributed by atoms with Gasteiger partial charge in [-0.1, -0.05) is 35.9 Å². The Labute approximate surface area is 254 Å². The van der Waals surface area contributed by atoms with E-state index < -0.39 is 23.4 Å². The average molecular weight is 623 g/mol. The number of carbonyl (C=O) groups is 1. The topological polar surface area (TPSA) is 71.8 Å². The van der Waals surface area contributed by atoms with Crippen molar-refractivity contribution in [3.63, 3.8) is 0 Å². The van der Waals surface area contributed by atoms with E-state index in [0.717, 1.165) is 11.9 Å². The van der Waals surface area contributed by atoms with E-state index in [1.807, 2.05) is 10.6 Å². The minimum atomic E-state index is -1.42. The lowest BCUT2D eigenvalue weighted by atomic mass is 10.0. The Hall–Kier alpha value is -3.99. The lowest BCUT2D eigenvalue weighted by molar-refractivity contribution is -0.0705. The Bertz CT molecular complexity index is 1900. The molecule has 0 saturated carbocycles. The van der Waals surface area contributed by atoms with Crippen LogP contribution in [-0.2, 0) is 28.2 Å². The molecule has 7 rings (SSSR count). The number of esters is 1. The molecule has 220 valence electrons. The van der Waals surface area contributed by atoms with Crippen molar-refractivity contribution in [1.82, 2.24) is 9.55 Å². The van der Waals surface area contributed by atoms with Crippen molar-refractivity contribution >= 4 is 39.3 Å². The molecule has 0 amide bonds. The standard InChI is InChI=1S/C32H25ClF2N2O5S/c1-32(22-9-8-19(33)14-24(22)35)41-26-5-3-4-21(29(26)42-32)17-6-7-18(23(34)12-17)13-28-36-30-25(15-27(43-30)31(38)39-2)37(28)16-20-10-11-40-20/h3-9,12,14-15,20H,10-11,13,16H2,1-2H3/t20-,32?/m0/s1. The monoisotopic (exact) mass is 622 g/mol. The first kappa shape index (κ1) is 27.8. The summed E-state index contributed by atoms with van der Waals surface area (Å²) in [5, 5.41) is 0.265. The van der Waals surface area contributed by atoms with Crippen LogP contribution >= 0.6 is 22.9 Å². The number of halogens is 3. The number of hydrogen-bond acceptors (Lipinski definition) is 7. The van der Waals surface area contributed by atoms with Crippen molar-refractivity contribution in [3.8, 4) is 22.6 Å². The normalized spacial score (nSPS) is 19.0. The zero-order valence-corrected chi connectivity index (χ0v) is 24.7. The van der Waals surface area contributed by atoms with E-state index in [1.54, 1.807) is 43.3 Å². The maximum atomic E-state index is 15.7. The highest BCUT2D eigenvalue weighted by atomic mass is 35.5. The molecule has 0 aliphatic carbocycles. The fourth-order valence-corrected chi connectivity index (χ4v) is 6.61. The van der Waals surface area contributed by atoms with Gasteiger partial charge < -0.3 is 23.5 Å². The Morgan fingerprint density at radius 1 is 1.14 bits per heavy atom. The number of fused-ring (bicyclic) bond motifs is 2. The molecule has 43 heavy (non-hydrogen) atoms. The summed E-state index contributed by atoms with van der Waals surface area (Å²) in [5.41, 5.74) is 2.65. The van der Waals surface area contributed by atoms with Crippen molar-refractivity contribution in [2.45, 2.75) is 38.2 Å². The minimum absolute atomic E-state index is 0.0410. The summed E-state index contributed by atoms with van der Waals surface area (Å²) >= 11 is 7.18.